The SMILES string of the molecule is CCOC(=O)c1cccc(NC(=O)CN(c2ccc(Cl)c(C(F)(F)F)c2)S(=O)(=O)c2ccc(C)cc2)c1C. The Bertz CT molecular complexity index is 1460. The Morgan fingerprint density at radius 1 is 1.03 bits per heavy atom. The molecular formula is C26H24ClF3N2O5S. The van der Waals surface area contributed by atoms with Crippen LogP contribution in [0.5, 0.6) is 0 Å². The summed E-state index contributed by atoms with van der Waals surface area (Å²) in [6, 6.07) is 12.7. The number of esters is 1. The van der Waals surface area contributed by atoms with E-state index in [4.69, 9.17) is 16.3 Å². The minimum absolute atomic E-state index is 0.141. The first-order valence-electron chi connectivity index (χ1n) is 11.3. The third-order valence-electron chi connectivity index (χ3n) is 5.54. The van der Waals surface area contributed by atoms with Gasteiger partial charge in [-0.1, -0.05) is 35.4 Å². The van der Waals surface area contributed by atoms with Crippen molar-refractivity contribution in [1.29, 1.82) is 0 Å². The maximum Gasteiger partial charge on any atom is 0.417 e. The highest BCUT2D eigenvalue weighted by molar-refractivity contribution is 7.92. The largest absolute Gasteiger partial charge is 0.462 e. The van der Waals surface area contributed by atoms with Gasteiger partial charge in [0.25, 0.3) is 10.0 Å². The number of alkyl halides is 3. The standard InChI is InChI=1S/C26H24ClF3N2O5S/c1-4-37-25(34)20-6-5-7-23(17(20)3)31-24(33)15-32(38(35,36)19-11-8-16(2)9-12-19)18-10-13-22(27)21(14-18)26(28,29)30/h5-14H,4,15H2,1-3H3,(H,31,33). The van der Waals surface area contributed by atoms with Gasteiger partial charge < -0.3 is 10.1 Å². The number of aryl methyl sites for hydroxylation is 1. The average molecular weight is 569 g/mol. The van der Waals surface area contributed by atoms with Gasteiger partial charge in [0, 0.05) is 5.69 Å². The molecule has 0 aromatic heterocycles. The first kappa shape index (κ1) is 29.0. The lowest BCUT2D eigenvalue weighted by molar-refractivity contribution is -0.137. The molecule has 202 valence electrons. The van der Waals surface area contributed by atoms with Crippen molar-refractivity contribution >= 4 is 44.9 Å². The van der Waals surface area contributed by atoms with Gasteiger partial charge in [0.15, 0.2) is 0 Å². The van der Waals surface area contributed by atoms with Crippen molar-refractivity contribution in [3.05, 3.63) is 87.9 Å². The quantitative estimate of drug-likeness (QED) is 0.337. The van der Waals surface area contributed by atoms with Crippen LogP contribution >= 0.6 is 11.6 Å². The van der Waals surface area contributed by atoms with Gasteiger partial charge in [0.05, 0.1) is 33.3 Å². The molecule has 38 heavy (non-hydrogen) atoms. The average Bonchev–Trinajstić information content (AvgIpc) is 2.84. The summed E-state index contributed by atoms with van der Waals surface area (Å²) < 4.78 is 73.3. The van der Waals surface area contributed by atoms with Gasteiger partial charge in [0.2, 0.25) is 5.91 Å². The molecule has 0 aliphatic heterocycles. The number of hydrogen-bond acceptors (Lipinski definition) is 5. The maximum absolute atomic E-state index is 13.5. The predicted molar refractivity (Wildman–Crippen MR) is 138 cm³/mol. The first-order valence-corrected chi connectivity index (χ1v) is 13.1. The minimum atomic E-state index is -4.86. The second kappa shape index (κ2) is 11.4. The van der Waals surface area contributed by atoms with E-state index >= 15 is 0 Å². The molecule has 0 fully saturated rings. The summed E-state index contributed by atoms with van der Waals surface area (Å²) in [7, 11) is -4.48. The molecular weight excluding hydrogens is 545 g/mol. The maximum atomic E-state index is 13.5. The van der Waals surface area contributed by atoms with Crippen LogP contribution in [0.3, 0.4) is 0 Å². The molecule has 3 aromatic rings. The Hall–Kier alpha value is -3.57. The van der Waals surface area contributed by atoms with E-state index in [9.17, 15) is 31.2 Å². The number of hydrogen-bond donors (Lipinski definition) is 1. The smallest absolute Gasteiger partial charge is 0.417 e. The molecule has 0 unspecified atom stereocenters. The van der Waals surface area contributed by atoms with Crippen LogP contribution in [-0.2, 0) is 25.7 Å². The molecule has 0 radical (unpaired) electrons. The Morgan fingerprint density at radius 2 is 1.68 bits per heavy atom. The Morgan fingerprint density at radius 3 is 2.29 bits per heavy atom. The van der Waals surface area contributed by atoms with Crippen molar-refractivity contribution in [3.8, 4) is 0 Å². The van der Waals surface area contributed by atoms with Gasteiger partial charge >= 0.3 is 12.1 Å². The van der Waals surface area contributed by atoms with Gasteiger partial charge in [-0.25, -0.2) is 13.2 Å². The summed E-state index contributed by atoms with van der Waals surface area (Å²) in [6.45, 7) is 4.23. The van der Waals surface area contributed by atoms with Gasteiger partial charge in [-0.2, -0.15) is 13.2 Å². The van der Waals surface area contributed by atoms with Crippen LogP contribution in [0.1, 0.15) is 34.0 Å². The number of carbonyl (C=O) groups excluding carboxylic acids is 2. The number of carbonyl (C=O) groups is 2. The van der Waals surface area contributed by atoms with E-state index < -0.39 is 50.9 Å². The highest BCUT2D eigenvalue weighted by Gasteiger charge is 2.35. The van der Waals surface area contributed by atoms with Crippen LogP contribution < -0.4 is 9.62 Å². The number of benzene rings is 3. The van der Waals surface area contributed by atoms with E-state index in [2.05, 4.69) is 5.32 Å². The van der Waals surface area contributed by atoms with Crippen LogP contribution in [-0.4, -0.2) is 33.4 Å². The summed E-state index contributed by atoms with van der Waals surface area (Å²) in [4.78, 5) is 25.0. The molecule has 3 aromatic carbocycles. The zero-order valence-electron chi connectivity index (χ0n) is 20.6. The molecule has 0 saturated heterocycles. The van der Waals surface area contributed by atoms with Crippen molar-refractivity contribution in [3.63, 3.8) is 0 Å². The molecule has 0 saturated carbocycles. The van der Waals surface area contributed by atoms with Gasteiger partial charge in [-0.3, -0.25) is 9.10 Å². The molecule has 0 aliphatic carbocycles. The lowest BCUT2D eigenvalue weighted by atomic mass is 10.1. The van der Waals surface area contributed by atoms with Gasteiger partial charge in [-0.05, 0) is 68.8 Å². The van der Waals surface area contributed by atoms with Crippen molar-refractivity contribution in [1.82, 2.24) is 0 Å². The van der Waals surface area contributed by atoms with Crippen LogP contribution in [0.25, 0.3) is 0 Å². The molecule has 1 N–H and O–H groups in total. The topological polar surface area (TPSA) is 92.8 Å². The second-order valence-electron chi connectivity index (χ2n) is 8.23. The highest BCUT2D eigenvalue weighted by Crippen LogP contribution is 2.38. The lowest BCUT2D eigenvalue weighted by Gasteiger charge is -2.25. The van der Waals surface area contributed by atoms with Crippen molar-refractivity contribution in [2.75, 3.05) is 22.8 Å². The molecule has 0 heterocycles. The molecule has 0 atom stereocenters. The normalized spacial score (nSPS) is 11.7. The van der Waals surface area contributed by atoms with Crippen molar-refractivity contribution in [2.45, 2.75) is 31.8 Å². The molecule has 0 bridgehead atoms. The number of rotatable bonds is 8. The summed E-state index contributed by atoms with van der Waals surface area (Å²) in [6.07, 6.45) is -4.86. The minimum Gasteiger partial charge on any atom is -0.462 e. The summed E-state index contributed by atoms with van der Waals surface area (Å²) in [5.41, 5.74) is -0.121. The Labute approximate surface area is 223 Å². The monoisotopic (exact) mass is 568 g/mol. The van der Waals surface area contributed by atoms with Crippen LogP contribution in [0.4, 0.5) is 24.5 Å². The zero-order chi connectivity index (χ0) is 28.3. The van der Waals surface area contributed by atoms with E-state index in [1.165, 1.54) is 42.5 Å². The van der Waals surface area contributed by atoms with E-state index in [-0.39, 0.29) is 22.8 Å². The number of amides is 1. The van der Waals surface area contributed by atoms with Crippen LogP contribution in [0.2, 0.25) is 5.02 Å². The predicted octanol–water partition coefficient (Wildman–Crippen LogP) is 5.99. The fraction of sp³-hybridized carbons (Fsp3) is 0.231. The second-order valence-corrected chi connectivity index (χ2v) is 10.5. The molecule has 3 rings (SSSR count). The number of sulfonamides is 1. The highest BCUT2D eigenvalue weighted by atomic mass is 35.5. The lowest BCUT2D eigenvalue weighted by Crippen LogP contribution is -2.38. The molecule has 0 aliphatic rings. The fourth-order valence-corrected chi connectivity index (χ4v) is 5.20. The Balaban J connectivity index is 2.03. The molecule has 0 spiro atoms. The Kier molecular flexibility index (Phi) is 8.73. The fourth-order valence-electron chi connectivity index (χ4n) is 3.56. The zero-order valence-corrected chi connectivity index (χ0v) is 22.2. The summed E-state index contributed by atoms with van der Waals surface area (Å²) >= 11 is 5.72. The number of anilines is 2. The molecule has 1 amide bonds. The van der Waals surface area contributed by atoms with Crippen molar-refractivity contribution in [2.24, 2.45) is 0 Å². The van der Waals surface area contributed by atoms with Gasteiger partial charge in [-0.15, -0.1) is 0 Å². The van der Waals surface area contributed by atoms with Gasteiger partial charge in [0.1, 0.15) is 6.54 Å². The van der Waals surface area contributed by atoms with E-state index in [0.717, 1.165) is 17.7 Å². The number of nitrogens with one attached hydrogen (secondary N) is 1. The molecule has 7 nitrogen and oxygen atoms in total. The summed E-state index contributed by atoms with van der Waals surface area (Å²) in [5.74, 6) is -1.46. The third-order valence-corrected chi connectivity index (χ3v) is 7.66. The summed E-state index contributed by atoms with van der Waals surface area (Å²) in [5, 5.41) is 1.92. The van der Waals surface area contributed by atoms with Crippen molar-refractivity contribution < 1.29 is 35.9 Å². The molecule has 12 heteroatoms. The first-order chi connectivity index (χ1) is 17.8. The van der Waals surface area contributed by atoms with E-state index in [1.807, 2.05) is 0 Å². The van der Waals surface area contributed by atoms with Crippen LogP contribution in [0, 0.1) is 13.8 Å². The van der Waals surface area contributed by atoms with E-state index in [0.29, 0.717) is 15.9 Å². The number of nitrogens with zero attached hydrogens (tertiary/aromatic N) is 1. The van der Waals surface area contributed by atoms with Crippen LogP contribution in [0.15, 0.2) is 65.6 Å². The third kappa shape index (κ3) is 6.46. The number of ether oxygens (including phenoxy) is 1. The number of halogens is 4. The van der Waals surface area contributed by atoms with E-state index in [1.54, 1.807) is 20.8 Å².